The van der Waals surface area contributed by atoms with Crippen LogP contribution >= 0.6 is 0 Å². The number of aromatic amines is 1. The second kappa shape index (κ2) is 7.01. The molecule has 3 aromatic heterocycles. The van der Waals surface area contributed by atoms with Crippen molar-refractivity contribution in [1.29, 1.82) is 0 Å². The molecule has 1 N–H and O–H groups in total. The Hall–Kier alpha value is -3.62. The number of nitrogens with one attached hydrogen (secondary N) is 1. The van der Waals surface area contributed by atoms with E-state index in [2.05, 4.69) is 15.1 Å². The van der Waals surface area contributed by atoms with Crippen LogP contribution in [0.25, 0.3) is 10.9 Å². The van der Waals surface area contributed by atoms with E-state index in [4.69, 9.17) is 4.98 Å². The fourth-order valence-corrected chi connectivity index (χ4v) is 4.02. The van der Waals surface area contributed by atoms with E-state index in [0.29, 0.717) is 24.4 Å². The van der Waals surface area contributed by atoms with Crippen LogP contribution in [0, 0.1) is 0 Å². The van der Waals surface area contributed by atoms with Gasteiger partial charge in [-0.05, 0) is 12.1 Å². The number of amides is 1. The summed E-state index contributed by atoms with van der Waals surface area (Å²) in [6, 6.07) is 10.9. The molecule has 5 rings (SSSR count). The van der Waals surface area contributed by atoms with Crippen LogP contribution in [0.3, 0.4) is 0 Å². The molecule has 30 heavy (non-hydrogen) atoms. The number of carbonyl (C=O) groups excluding carboxylic acids is 1. The molecule has 0 bridgehead atoms. The minimum Gasteiger partial charge on any atom is -0.348 e. The van der Waals surface area contributed by atoms with Crippen LogP contribution in [0.5, 0.6) is 0 Å². The average Bonchev–Trinajstić information content (AvgIpc) is 3.38. The Kier molecular flexibility index (Phi) is 4.30. The Morgan fingerprint density at radius 3 is 2.90 bits per heavy atom. The lowest BCUT2D eigenvalue weighted by molar-refractivity contribution is 0.0675. The van der Waals surface area contributed by atoms with Crippen molar-refractivity contribution in [3.05, 3.63) is 77.3 Å². The van der Waals surface area contributed by atoms with Gasteiger partial charge in [0.05, 0.1) is 28.8 Å². The number of imidazole rings is 1. The molecule has 0 fully saturated rings. The first-order valence-electron chi connectivity index (χ1n) is 9.53. The van der Waals surface area contributed by atoms with Gasteiger partial charge >= 0.3 is 0 Å². The number of nitrogens with zero attached hydrogens (tertiary/aromatic N) is 5. The van der Waals surface area contributed by atoms with Crippen LogP contribution in [0.1, 0.15) is 45.6 Å². The summed E-state index contributed by atoms with van der Waals surface area (Å²) < 4.78 is 28.2. The van der Waals surface area contributed by atoms with E-state index in [-0.39, 0.29) is 5.56 Å². The van der Waals surface area contributed by atoms with Gasteiger partial charge in [-0.15, -0.1) is 0 Å². The van der Waals surface area contributed by atoms with Crippen molar-refractivity contribution in [3.8, 4) is 0 Å². The van der Waals surface area contributed by atoms with E-state index in [1.807, 2.05) is 36.4 Å². The summed E-state index contributed by atoms with van der Waals surface area (Å²) in [5.41, 5.74) is 2.41. The molecule has 1 aromatic carbocycles. The Morgan fingerprint density at radius 1 is 1.23 bits per heavy atom. The summed E-state index contributed by atoms with van der Waals surface area (Å²) in [6.45, 7) is 0.352. The number of halogens is 2. The molecule has 1 aliphatic rings. The molecule has 0 saturated carbocycles. The predicted molar refractivity (Wildman–Crippen MR) is 105 cm³/mol. The van der Waals surface area contributed by atoms with Crippen molar-refractivity contribution in [2.75, 3.05) is 6.54 Å². The van der Waals surface area contributed by atoms with Crippen LogP contribution in [-0.4, -0.2) is 42.1 Å². The van der Waals surface area contributed by atoms with Gasteiger partial charge in [0.1, 0.15) is 11.7 Å². The highest BCUT2D eigenvalue weighted by Crippen LogP contribution is 2.35. The van der Waals surface area contributed by atoms with Gasteiger partial charge in [0, 0.05) is 37.3 Å². The Morgan fingerprint density at radius 2 is 2.07 bits per heavy atom. The van der Waals surface area contributed by atoms with Crippen molar-refractivity contribution >= 4 is 16.8 Å². The van der Waals surface area contributed by atoms with Gasteiger partial charge in [-0.3, -0.25) is 14.5 Å². The quantitative estimate of drug-likeness (QED) is 0.563. The third-order valence-electron chi connectivity index (χ3n) is 5.38. The van der Waals surface area contributed by atoms with Gasteiger partial charge in [-0.25, -0.2) is 13.8 Å². The zero-order valence-corrected chi connectivity index (χ0v) is 16.1. The van der Waals surface area contributed by atoms with E-state index < -0.39 is 24.1 Å². The summed E-state index contributed by atoms with van der Waals surface area (Å²) in [7, 11) is 1.52. The summed E-state index contributed by atoms with van der Waals surface area (Å²) in [4.78, 5) is 27.2. The minimum absolute atomic E-state index is 0.0997. The number of benzene rings is 1. The standard InChI is InChI=1S/C21H18F2N6O/c1-28-10-13(17(27-28)20(22)23)21(30)29-9-8-15-18(25-11-24-15)19(29)16-7-6-12-4-2-3-5-14(12)26-16/h2-7,10-11,19-20H,8-9H2,1H3,(H,24,25)/t19-/m0/s1. The van der Waals surface area contributed by atoms with Crippen LogP contribution in [0.2, 0.25) is 0 Å². The number of carbonyl (C=O) groups is 1. The Bertz CT molecular complexity index is 1250. The summed E-state index contributed by atoms with van der Waals surface area (Å²) in [5, 5.41) is 4.76. The van der Waals surface area contributed by atoms with Gasteiger partial charge in [-0.2, -0.15) is 5.10 Å². The molecular weight excluding hydrogens is 390 g/mol. The first kappa shape index (κ1) is 18.4. The van der Waals surface area contributed by atoms with Crippen molar-refractivity contribution in [2.45, 2.75) is 18.9 Å². The number of hydrogen-bond donors (Lipinski definition) is 1. The number of pyridine rings is 1. The zero-order chi connectivity index (χ0) is 20.8. The molecule has 1 atom stereocenters. The van der Waals surface area contributed by atoms with Crippen molar-refractivity contribution in [1.82, 2.24) is 29.6 Å². The molecular formula is C21H18F2N6O. The maximum absolute atomic E-state index is 13.5. The van der Waals surface area contributed by atoms with Gasteiger partial charge in [-0.1, -0.05) is 24.3 Å². The lowest BCUT2D eigenvalue weighted by Gasteiger charge is -2.34. The normalized spacial score (nSPS) is 16.3. The molecule has 152 valence electrons. The maximum Gasteiger partial charge on any atom is 0.282 e. The second-order valence-corrected chi connectivity index (χ2v) is 7.25. The van der Waals surface area contributed by atoms with E-state index in [0.717, 1.165) is 16.6 Å². The molecule has 9 heteroatoms. The van der Waals surface area contributed by atoms with Gasteiger partial charge in [0.2, 0.25) is 0 Å². The molecule has 7 nitrogen and oxygen atoms in total. The molecule has 4 aromatic rings. The molecule has 0 radical (unpaired) electrons. The lowest BCUT2D eigenvalue weighted by Crippen LogP contribution is -2.41. The molecule has 0 saturated heterocycles. The fourth-order valence-electron chi connectivity index (χ4n) is 4.02. The molecule has 0 spiro atoms. The van der Waals surface area contributed by atoms with Gasteiger partial charge in [0.15, 0.2) is 0 Å². The summed E-state index contributed by atoms with van der Waals surface area (Å²) in [6.07, 6.45) is 0.638. The van der Waals surface area contributed by atoms with Crippen LogP contribution in [0.4, 0.5) is 8.78 Å². The number of aromatic nitrogens is 5. The molecule has 0 unspecified atom stereocenters. The number of hydrogen-bond acceptors (Lipinski definition) is 4. The fraction of sp³-hybridized carbons (Fsp3) is 0.238. The minimum atomic E-state index is -2.84. The van der Waals surface area contributed by atoms with E-state index in [1.54, 1.807) is 11.2 Å². The first-order chi connectivity index (χ1) is 14.5. The average molecular weight is 408 g/mol. The molecule has 1 amide bonds. The van der Waals surface area contributed by atoms with Crippen LogP contribution < -0.4 is 0 Å². The Balaban J connectivity index is 1.63. The molecule has 4 heterocycles. The third kappa shape index (κ3) is 2.94. The summed E-state index contributed by atoms with van der Waals surface area (Å²) >= 11 is 0. The monoisotopic (exact) mass is 408 g/mol. The number of H-pyrrole nitrogens is 1. The van der Waals surface area contributed by atoms with Crippen LogP contribution in [0.15, 0.2) is 48.9 Å². The zero-order valence-electron chi connectivity index (χ0n) is 16.1. The number of rotatable bonds is 3. The van der Waals surface area contributed by atoms with Crippen molar-refractivity contribution in [3.63, 3.8) is 0 Å². The number of fused-ring (bicyclic) bond motifs is 2. The van der Waals surface area contributed by atoms with Crippen molar-refractivity contribution < 1.29 is 13.6 Å². The highest BCUT2D eigenvalue weighted by molar-refractivity contribution is 5.96. The van der Waals surface area contributed by atoms with Gasteiger partial charge < -0.3 is 9.88 Å². The van der Waals surface area contributed by atoms with Crippen LogP contribution in [-0.2, 0) is 13.5 Å². The molecule has 0 aliphatic carbocycles. The highest BCUT2D eigenvalue weighted by atomic mass is 19.3. The van der Waals surface area contributed by atoms with E-state index in [9.17, 15) is 13.6 Å². The number of para-hydroxylation sites is 1. The number of aryl methyl sites for hydroxylation is 1. The highest BCUT2D eigenvalue weighted by Gasteiger charge is 2.37. The topological polar surface area (TPSA) is 79.7 Å². The smallest absolute Gasteiger partial charge is 0.282 e. The summed E-state index contributed by atoms with van der Waals surface area (Å²) in [5.74, 6) is -0.507. The predicted octanol–water partition coefficient (Wildman–Crippen LogP) is 3.42. The lowest BCUT2D eigenvalue weighted by atomic mass is 9.97. The maximum atomic E-state index is 13.5. The first-order valence-corrected chi connectivity index (χ1v) is 9.53. The largest absolute Gasteiger partial charge is 0.348 e. The molecule has 1 aliphatic heterocycles. The SMILES string of the molecule is Cn1cc(C(=O)N2CCc3[nH]cnc3[C@@H]2c2ccc3ccccc3n2)c(C(F)F)n1. The van der Waals surface area contributed by atoms with E-state index >= 15 is 0 Å². The Labute approximate surface area is 170 Å². The van der Waals surface area contributed by atoms with Crippen molar-refractivity contribution in [2.24, 2.45) is 7.05 Å². The second-order valence-electron chi connectivity index (χ2n) is 7.25. The van der Waals surface area contributed by atoms with Gasteiger partial charge in [0.25, 0.3) is 12.3 Å². The van der Waals surface area contributed by atoms with E-state index in [1.165, 1.54) is 17.9 Å². The third-order valence-corrected chi connectivity index (χ3v) is 5.38. The number of alkyl halides is 2.